The Labute approximate surface area is 151 Å². The smallest absolute Gasteiger partial charge is 0.444 e. The van der Waals surface area contributed by atoms with Crippen LogP contribution in [0.25, 0.3) is 0 Å². The van der Waals surface area contributed by atoms with E-state index in [1.165, 1.54) is 0 Å². The van der Waals surface area contributed by atoms with E-state index in [0.29, 0.717) is 0 Å². The van der Waals surface area contributed by atoms with Gasteiger partial charge in [0.15, 0.2) is 0 Å². The maximum absolute atomic E-state index is 12.4. The number of hydrogen-bond acceptors (Lipinski definition) is 4. The molecule has 1 heterocycles. The number of carbonyl (C=O) groups excluding carboxylic acids is 1. The maximum atomic E-state index is 12.4. The van der Waals surface area contributed by atoms with Gasteiger partial charge in [-0.1, -0.05) is 24.3 Å². The first-order valence-corrected chi connectivity index (χ1v) is 8.73. The van der Waals surface area contributed by atoms with Crippen LogP contribution in [-0.2, 0) is 14.0 Å². The van der Waals surface area contributed by atoms with E-state index in [9.17, 15) is 4.79 Å². The minimum absolute atomic E-state index is 0.461. The van der Waals surface area contributed by atoms with Crippen molar-refractivity contribution in [3.05, 3.63) is 35.4 Å². The Kier molecular flexibility index (Phi) is 5.27. The average molecular weight is 347 g/mol. The Bertz CT molecular complexity index is 621. The average Bonchev–Trinajstić information content (AvgIpc) is 2.63. The normalized spacial score (nSPS) is 20.2. The predicted octanol–water partition coefficient (Wildman–Crippen LogP) is 4.19. The highest BCUT2D eigenvalue weighted by molar-refractivity contribution is 6.47. The fourth-order valence-corrected chi connectivity index (χ4v) is 2.69. The molecule has 0 saturated carbocycles. The summed E-state index contributed by atoms with van der Waals surface area (Å²) in [5, 5.41) is 2.94. The van der Waals surface area contributed by atoms with E-state index in [2.05, 4.69) is 5.32 Å². The summed E-state index contributed by atoms with van der Waals surface area (Å²) in [6.07, 6.45) is -0.490. The molecule has 1 aliphatic rings. The van der Waals surface area contributed by atoms with Gasteiger partial charge in [-0.15, -0.1) is 0 Å². The minimum Gasteiger partial charge on any atom is -0.444 e. The highest BCUT2D eigenvalue weighted by Crippen LogP contribution is 2.40. The Balaban J connectivity index is 2.31. The van der Waals surface area contributed by atoms with E-state index in [4.69, 9.17) is 14.0 Å². The number of ether oxygens (including phenoxy) is 1. The summed E-state index contributed by atoms with van der Waals surface area (Å²) >= 11 is 0. The molecule has 1 saturated heterocycles. The number of nitrogens with one attached hydrogen (secondary N) is 1. The van der Waals surface area contributed by atoms with Gasteiger partial charge in [-0.3, -0.25) is 0 Å². The quantitative estimate of drug-likeness (QED) is 0.833. The van der Waals surface area contributed by atoms with Crippen molar-refractivity contribution < 1.29 is 18.8 Å². The summed E-state index contributed by atoms with van der Waals surface area (Å²) in [5.41, 5.74) is 0.476. The van der Waals surface area contributed by atoms with Gasteiger partial charge in [-0.2, -0.15) is 0 Å². The largest absolute Gasteiger partial charge is 0.486 e. The molecule has 1 aromatic carbocycles. The Hall–Kier alpha value is -1.53. The highest BCUT2D eigenvalue weighted by atomic mass is 16.7. The molecular formula is C19H30BNO4. The monoisotopic (exact) mass is 347 g/mol. The first-order chi connectivity index (χ1) is 11.3. The molecule has 1 atom stereocenters. The maximum Gasteiger partial charge on any atom is 0.486 e. The van der Waals surface area contributed by atoms with Crippen molar-refractivity contribution >= 4 is 13.2 Å². The fraction of sp³-hybridized carbons (Fsp3) is 0.632. The van der Waals surface area contributed by atoms with Crippen LogP contribution in [0.2, 0.25) is 0 Å². The molecule has 1 aliphatic heterocycles. The van der Waals surface area contributed by atoms with Crippen LogP contribution in [0.5, 0.6) is 0 Å². The number of hydrogen-bond donors (Lipinski definition) is 1. The number of amides is 1. The Morgan fingerprint density at radius 3 is 2.12 bits per heavy atom. The molecule has 0 spiro atoms. The van der Waals surface area contributed by atoms with Crippen LogP contribution in [0.3, 0.4) is 0 Å². The second-order valence-corrected chi connectivity index (χ2v) is 8.61. The third-order valence-corrected chi connectivity index (χ3v) is 4.74. The molecule has 138 valence electrons. The van der Waals surface area contributed by atoms with Crippen molar-refractivity contribution in [1.29, 1.82) is 0 Å². The second-order valence-electron chi connectivity index (χ2n) is 8.61. The molecule has 0 aliphatic carbocycles. The van der Waals surface area contributed by atoms with Crippen molar-refractivity contribution in [2.45, 2.75) is 78.1 Å². The van der Waals surface area contributed by atoms with E-state index < -0.39 is 36.0 Å². The zero-order valence-electron chi connectivity index (χ0n) is 16.6. The van der Waals surface area contributed by atoms with Gasteiger partial charge >= 0.3 is 13.2 Å². The topological polar surface area (TPSA) is 56.8 Å². The number of benzene rings is 1. The molecule has 0 radical (unpaired) electrons. The molecule has 1 aromatic rings. The lowest BCUT2D eigenvalue weighted by Gasteiger charge is -2.32. The number of carbonyl (C=O) groups is 1. The van der Waals surface area contributed by atoms with Gasteiger partial charge in [0.1, 0.15) is 5.60 Å². The van der Waals surface area contributed by atoms with Crippen molar-refractivity contribution in [2.24, 2.45) is 0 Å². The predicted molar refractivity (Wildman–Crippen MR) is 99.4 cm³/mol. The zero-order valence-corrected chi connectivity index (χ0v) is 16.6. The van der Waals surface area contributed by atoms with Crippen LogP contribution in [-0.4, -0.2) is 30.0 Å². The van der Waals surface area contributed by atoms with Gasteiger partial charge in [0, 0.05) is 0 Å². The molecule has 1 N–H and O–H groups in total. The molecule has 25 heavy (non-hydrogen) atoms. The summed E-state index contributed by atoms with van der Waals surface area (Å²) in [6, 6.07) is 7.89. The van der Waals surface area contributed by atoms with E-state index in [0.717, 1.165) is 11.1 Å². The second kappa shape index (κ2) is 6.65. The number of aryl methyl sites for hydroxylation is 1. The van der Waals surface area contributed by atoms with E-state index >= 15 is 0 Å². The molecule has 0 bridgehead atoms. The van der Waals surface area contributed by atoms with E-state index in [1.807, 2.05) is 79.7 Å². The molecule has 1 amide bonds. The fourth-order valence-electron chi connectivity index (χ4n) is 2.69. The SMILES string of the molecule is Cc1ccccc1[C@@H](NC(=O)OC(C)(C)C)B1OC(C)(C)C(C)(C)O1. The molecule has 1 fully saturated rings. The Morgan fingerprint density at radius 2 is 1.64 bits per heavy atom. The lowest BCUT2D eigenvalue weighted by Crippen LogP contribution is -2.43. The molecular weight excluding hydrogens is 317 g/mol. The lowest BCUT2D eigenvalue weighted by molar-refractivity contribution is 0.00578. The van der Waals surface area contributed by atoms with Crippen molar-refractivity contribution in [3.8, 4) is 0 Å². The van der Waals surface area contributed by atoms with Gasteiger partial charge in [0.25, 0.3) is 0 Å². The van der Waals surface area contributed by atoms with Gasteiger partial charge in [0.2, 0.25) is 0 Å². The van der Waals surface area contributed by atoms with E-state index in [-0.39, 0.29) is 0 Å². The van der Waals surface area contributed by atoms with Crippen molar-refractivity contribution in [2.75, 3.05) is 0 Å². The first kappa shape index (κ1) is 19.8. The summed E-state index contributed by atoms with van der Waals surface area (Å²) in [7, 11) is -0.599. The summed E-state index contributed by atoms with van der Waals surface area (Å²) < 4.78 is 17.8. The van der Waals surface area contributed by atoms with Crippen molar-refractivity contribution in [3.63, 3.8) is 0 Å². The standard InChI is InChI=1S/C19H30BNO4/c1-13-11-9-10-12-14(13)15(21-16(22)23-17(2,3)4)20-24-18(5,6)19(7,8)25-20/h9-12,15H,1-8H3,(H,21,22)/t15-/m1/s1. The van der Waals surface area contributed by atoms with Crippen LogP contribution in [0, 0.1) is 6.92 Å². The van der Waals surface area contributed by atoms with Crippen LogP contribution < -0.4 is 5.32 Å². The first-order valence-electron chi connectivity index (χ1n) is 8.73. The highest BCUT2D eigenvalue weighted by Gasteiger charge is 2.54. The van der Waals surface area contributed by atoms with Crippen LogP contribution >= 0.6 is 0 Å². The molecule has 0 aromatic heterocycles. The van der Waals surface area contributed by atoms with Crippen LogP contribution in [0.4, 0.5) is 4.79 Å². The van der Waals surface area contributed by atoms with Crippen LogP contribution in [0.15, 0.2) is 24.3 Å². The van der Waals surface area contributed by atoms with E-state index in [1.54, 1.807) is 0 Å². The number of rotatable bonds is 3. The van der Waals surface area contributed by atoms with Gasteiger partial charge < -0.3 is 19.4 Å². The van der Waals surface area contributed by atoms with Gasteiger partial charge in [0.05, 0.1) is 17.1 Å². The summed E-state index contributed by atoms with van der Waals surface area (Å²) in [5.74, 6) is -0.461. The molecule has 0 unspecified atom stereocenters. The third-order valence-electron chi connectivity index (χ3n) is 4.74. The molecule has 2 rings (SSSR count). The zero-order chi connectivity index (χ0) is 19.0. The lowest BCUT2D eigenvalue weighted by atomic mass is 9.73. The third kappa shape index (κ3) is 4.56. The minimum atomic E-state index is -0.599. The summed E-state index contributed by atoms with van der Waals surface area (Å²) in [4.78, 5) is 12.4. The number of alkyl carbamates (subject to hydrolysis) is 1. The summed E-state index contributed by atoms with van der Waals surface area (Å²) in [6.45, 7) is 15.5. The van der Waals surface area contributed by atoms with Gasteiger partial charge in [-0.05, 0) is 66.5 Å². The van der Waals surface area contributed by atoms with Crippen molar-refractivity contribution in [1.82, 2.24) is 5.32 Å². The molecule has 5 nitrogen and oxygen atoms in total. The Morgan fingerprint density at radius 1 is 1.12 bits per heavy atom. The molecule has 6 heteroatoms. The van der Waals surface area contributed by atoms with Crippen LogP contribution in [0.1, 0.15) is 65.5 Å². The van der Waals surface area contributed by atoms with Gasteiger partial charge in [-0.25, -0.2) is 4.79 Å².